The van der Waals surface area contributed by atoms with Crippen LogP contribution in [0.4, 0.5) is 0 Å². The molecule has 336 valence electrons. The summed E-state index contributed by atoms with van der Waals surface area (Å²) in [5, 5.41) is 28.4. The zero-order chi connectivity index (χ0) is 41.4. The topological polar surface area (TPSA) is 156 Å². The maximum atomic E-state index is 11.1. The molecule has 6 N–H and O–H groups in total. The van der Waals surface area contributed by atoms with Crippen molar-refractivity contribution in [3.05, 3.63) is 0 Å². The zero-order valence-electron chi connectivity index (χ0n) is 38.3. The average Bonchev–Trinajstić information content (AvgIpc) is 3.19. The van der Waals surface area contributed by atoms with Gasteiger partial charge in [-0.2, -0.15) is 0 Å². The van der Waals surface area contributed by atoms with Gasteiger partial charge in [-0.3, -0.25) is 0 Å². The van der Waals surface area contributed by atoms with E-state index in [1.165, 1.54) is 193 Å². The number of rotatable bonds is 46. The number of hydrogen-bond donors (Lipinski definition) is 4. The second kappa shape index (κ2) is 53.4. The predicted octanol–water partition coefficient (Wildman–Crippen LogP) is 10.2. The molecule has 0 aliphatic heterocycles. The molecule has 0 saturated carbocycles. The van der Waals surface area contributed by atoms with E-state index in [1.807, 2.05) is 0 Å². The fraction of sp³-hybridized carbons (Fsp3) is 0.958. The van der Waals surface area contributed by atoms with Gasteiger partial charge in [-0.05, 0) is 64.7 Å². The molecule has 0 unspecified atom stereocenters. The number of nitrogens with two attached hydrogens (primary N) is 2. The Hall–Kier alpha value is -0.597. The molecule has 0 heterocycles. The molecule has 0 aromatic heterocycles. The van der Waals surface area contributed by atoms with Crippen molar-refractivity contribution in [1.82, 2.24) is 10.6 Å². The minimum Gasteiger partial charge on any atom is -0.548 e. The maximum Gasteiger partial charge on any atom is 2.00 e. The summed E-state index contributed by atoms with van der Waals surface area (Å²) in [4.78, 5) is 22.2. The van der Waals surface area contributed by atoms with Crippen LogP contribution in [0.2, 0.25) is 0 Å². The van der Waals surface area contributed by atoms with Gasteiger partial charge in [0.05, 0.1) is 11.9 Å². The fourth-order valence-corrected chi connectivity index (χ4v) is 7.49. The summed E-state index contributed by atoms with van der Waals surface area (Å²) in [5.41, 5.74) is 10.9. The number of unbranched alkanes of at least 4 members (excludes halogenated alkanes) is 32. The maximum absolute atomic E-state index is 11.1. The molecule has 9 heteroatoms. The van der Waals surface area contributed by atoms with E-state index in [-0.39, 0.29) is 19.5 Å². The van der Waals surface area contributed by atoms with Gasteiger partial charge >= 0.3 is 19.5 Å². The number of carboxylic acids is 2. The molecule has 0 amide bonds. The predicted molar refractivity (Wildman–Crippen MR) is 238 cm³/mol. The van der Waals surface area contributed by atoms with Gasteiger partial charge < -0.3 is 41.9 Å². The molecule has 0 saturated heterocycles. The van der Waals surface area contributed by atoms with Gasteiger partial charge in [0.25, 0.3) is 0 Å². The molecular formula is C48H98N4O4Zn. The molecule has 0 aromatic rings. The Labute approximate surface area is 367 Å². The minimum absolute atomic E-state index is 0. The van der Waals surface area contributed by atoms with Crippen molar-refractivity contribution in [2.45, 2.75) is 270 Å². The van der Waals surface area contributed by atoms with Crippen molar-refractivity contribution in [3.8, 4) is 0 Å². The Balaban J connectivity index is -0.00000101. The van der Waals surface area contributed by atoms with Crippen LogP contribution in [-0.4, -0.2) is 50.2 Å². The third-order valence-corrected chi connectivity index (χ3v) is 11.3. The monoisotopic (exact) mass is 859 g/mol. The third-order valence-electron chi connectivity index (χ3n) is 11.3. The number of carbonyl (C=O) groups excluding carboxylic acids is 2. The van der Waals surface area contributed by atoms with Crippen molar-refractivity contribution in [2.24, 2.45) is 11.5 Å². The second-order valence-electron chi connectivity index (χ2n) is 16.8. The quantitative estimate of drug-likeness (QED) is 0.0348. The van der Waals surface area contributed by atoms with Gasteiger partial charge in [-0.15, -0.1) is 0 Å². The molecule has 0 bridgehead atoms. The van der Waals surface area contributed by atoms with Crippen molar-refractivity contribution in [1.29, 1.82) is 0 Å². The van der Waals surface area contributed by atoms with Crippen LogP contribution < -0.4 is 32.3 Å². The second-order valence-corrected chi connectivity index (χ2v) is 16.8. The standard InChI is InChI=1S/2C24H50N2O2.Zn/c2*1-2-3-4-5-6-7-8-9-10-11-12-13-14-15-16-19-22-26-23(24(27)28)20-17-18-21-25;/h2*23,26H,2-22,25H2,1H3,(H,27,28);/q;;+2/p-2/t2*23-;/m00./s1. The summed E-state index contributed by atoms with van der Waals surface area (Å²) in [6.45, 7) is 7.36. The first-order chi connectivity index (χ1) is 27.4. The van der Waals surface area contributed by atoms with E-state index in [4.69, 9.17) is 11.5 Å². The van der Waals surface area contributed by atoms with Crippen molar-refractivity contribution < 1.29 is 39.3 Å². The van der Waals surface area contributed by atoms with E-state index < -0.39 is 24.0 Å². The smallest absolute Gasteiger partial charge is 0.548 e. The van der Waals surface area contributed by atoms with Crippen LogP contribution in [0.15, 0.2) is 0 Å². The molecule has 0 fully saturated rings. The Morgan fingerprint density at radius 1 is 0.368 bits per heavy atom. The van der Waals surface area contributed by atoms with E-state index in [0.717, 1.165) is 51.6 Å². The van der Waals surface area contributed by atoms with Crippen LogP contribution in [0.25, 0.3) is 0 Å². The van der Waals surface area contributed by atoms with Crippen molar-refractivity contribution in [3.63, 3.8) is 0 Å². The molecule has 0 aliphatic carbocycles. The molecule has 8 nitrogen and oxygen atoms in total. The van der Waals surface area contributed by atoms with Crippen LogP contribution in [0.3, 0.4) is 0 Å². The Morgan fingerprint density at radius 3 is 0.772 bits per heavy atom. The molecule has 0 rings (SSSR count). The number of carboxylic acid groups (broad SMARTS) is 2. The summed E-state index contributed by atoms with van der Waals surface area (Å²) >= 11 is 0. The van der Waals surface area contributed by atoms with E-state index >= 15 is 0 Å². The van der Waals surface area contributed by atoms with Gasteiger partial charge in [-0.25, -0.2) is 0 Å². The van der Waals surface area contributed by atoms with Crippen LogP contribution in [0.5, 0.6) is 0 Å². The number of hydrogen-bond acceptors (Lipinski definition) is 8. The van der Waals surface area contributed by atoms with Crippen LogP contribution in [-0.2, 0) is 29.1 Å². The molecule has 0 aliphatic rings. The molecule has 0 radical (unpaired) electrons. The first-order valence-corrected chi connectivity index (χ1v) is 24.7. The van der Waals surface area contributed by atoms with Crippen molar-refractivity contribution in [2.75, 3.05) is 26.2 Å². The van der Waals surface area contributed by atoms with E-state index in [0.29, 0.717) is 25.9 Å². The van der Waals surface area contributed by atoms with Gasteiger partial charge in [0.2, 0.25) is 0 Å². The van der Waals surface area contributed by atoms with E-state index in [9.17, 15) is 19.8 Å². The number of nitrogens with one attached hydrogen (secondary N) is 2. The Kier molecular flexibility index (Phi) is 56.9. The van der Waals surface area contributed by atoms with Gasteiger partial charge in [0.1, 0.15) is 0 Å². The molecule has 2 atom stereocenters. The summed E-state index contributed by atoms with van der Waals surface area (Å²) in [7, 11) is 0. The SMILES string of the molecule is CCCCCCCCCCCCCCCCCCN[C@@H](CCCCN)C(=O)[O-].CCCCCCCCCCCCCCCCCCN[C@@H](CCCCN)C(=O)[O-].[Zn+2]. The first kappa shape index (κ1) is 60.7. The minimum atomic E-state index is -0.978. The molecule has 57 heavy (non-hydrogen) atoms. The third kappa shape index (κ3) is 51.5. The summed E-state index contributed by atoms with van der Waals surface area (Å²) < 4.78 is 0. The summed E-state index contributed by atoms with van der Waals surface area (Å²) in [6, 6.07) is -1.02. The van der Waals surface area contributed by atoms with E-state index in [1.54, 1.807) is 0 Å². The largest absolute Gasteiger partial charge is 2.00 e. The van der Waals surface area contributed by atoms with Gasteiger partial charge in [-0.1, -0.05) is 219 Å². The molecule has 0 aromatic carbocycles. The number of carbonyl (C=O) groups is 2. The van der Waals surface area contributed by atoms with E-state index in [2.05, 4.69) is 24.5 Å². The van der Waals surface area contributed by atoms with Crippen LogP contribution >= 0.6 is 0 Å². The summed E-state index contributed by atoms with van der Waals surface area (Å²) in [6.07, 6.45) is 48.1. The summed E-state index contributed by atoms with van der Waals surface area (Å²) in [5.74, 6) is -1.96. The molecular weight excluding hydrogens is 762 g/mol. The van der Waals surface area contributed by atoms with Crippen LogP contribution in [0, 0.1) is 0 Å². The number of aliphatic carboxylic acids is 2. The Morgan fingerprint density at radius 2 is 0.579 bits per heavy atom. The average molecular weight is 861 g/mol. The van der Waals surface area contributed by atoms with Crippen LogP contribution in [0.1, 0.15) is 258 Å². The van der Waals surface area contributed by atoms with Gasteiger partial charge in [0, 0.05) is 12.1 Å². The Bertz CT molecular complexity index is 717. The first-order valence-electron chi connectivity index (χ1n) is 24.7. The fourth-order valence-electron chi connectivity index (χ4n) is 7.49. The molecule has 0 spiro atoms. The normalized spacial score (nSPS) is 12.1. The van der Waals surface area contributed by atoms with Crippen molar-refractivity contribution >= 4 is 11.9 Å². The van der Waals surface area contributed by atoms with Gasteiger partial charge in [0.15, 0.2) is 0 Å². The zero-order valence-corrected chi connectivity index (χ0v) is 41.3.